The van der Waals surface area contributed by atoms with Gasteiger partial charge in [-0.25, -0.2) is 0 Å². The number of nitrogens with zero attached hydrogens (tertiary/aromatic N) is 5. The van der Waals surface area contributed by atoms with E-state index in [9.17, 15) is 4.79 Å². The topological polar surface area (TPSA) is 98.7 Å². The molecule has 0 bridgehead atoms. The number of nitrogens with one attached hydrogen (secondary N) is 1. The van der Waals surface area contributed by atoms with Crippen LogP contribution in [0.2, 0.25) is 0 Å². The number of aryl methyl sites for hydroxylation is 3. The molecule has 4 aromatic rings. The molecule has 8 nitrogen and oxygen atoms in total. The summed E-state index contributed by atoms with van der Waals surface area (Å²) in [6.07, 6.45) is 11.3. The molecule has 0 aliphatic rings. The van der Waals surface area contributed by atoms with Gasteiger partial charge in [0, 0.05) is 54.9 Å². The number of aromatic nitrogens is 5. The van der Waals surface area contributed by atoms with Gasteiger partial charge in [-0.3, -0.25) is 14.5 Å². The molecular weight excluding hydrogens is 380 g/mol. The molecule has 150 valence electrons. The largest absolute Gasteiger partial charge is 0.428 e. The van der Waals surface area contributed by atoms with Crippen molar-refractivity contribution in [1.29, 1.82) is 0 Å². The van der Waals surface area contributed by atoms with Crippen molar-refractivity contribution in [2.24, 2.45) is 7.05 Å². The van der Waals surface area contributed by atoms with Gasteiger partial charge in [-0.05, 0) is 42.3 Å². The molecule has 1 N–H and O–H groups in total. The highest BCUT2D eigenvalue weighted by Gasteiger charge is 2.07. The molecule has 1 amide bonds. The maximum absolute atomic E-state index is 12.3. The van der Waals surface area contributed by atoms with E-state index in [2.05, 4.69) is 25.6 Å². The van der Waals surface area contributed by atoms with E-state index in [0.717, 1.165) is 34.5 Å². The quantitative estimate of drug-likeness (QED) is 0.478. The molecule has 0 saturated carbocycles. The Morgan fingerprint density at radius 2 is 2.03 bits per heavy atom. The maximum atomic E-state index is 12.3. The van der Waals surface area contributed by atoms with Gasteiger partial charge in [0.15, 0.2) is 0 Å². The van der Waals surface area contributed by atoms with Crippen LogP contribution < -0.4 is 5.32 Å². The zero-order chi connectivity index (χ0) is 20.8. The van der Waals surface area contributed by atoms with Gasteiger partial charge in [-0.2, -0.15) is 5.10 Å². The van der Waals surface area contributed by atoms with E-state index in [4.69, 9.17) is 4.42 Å². The molecule has 4 rings (SSSR count). The van der Waals surface area contributed by atoms with E-state index in [1.165, 1.54) is 12.5 Å². The Labute approximate surface area is 173 Å². The number of pyridine rings is 1. The highest BCUT2D eigenvalue weighted by molar-refractivity contribution is 6.02. The summed E-state index contributed by atoms with van der Waals surface area (Å²) in [5.74, 6) is 0.391. The Kier molecular flexibility index (Phi) is 5.75. The lowest BCUT2D eigenvalue weighted by molar-refractivity contribution is -0.111. The molecule has 0 fully saturated rings. The minimum absolute atomic E-state index is 0.218. The summed E-state index contributed by atoms with van der Waals surface area (Å²) < 4.78 is 6.87. The van der Waals surface area contributed by atoms with Crippen LogP contribution in [0.3, 0.4) is 0 Å². The molecular formula is C22H20N6O2. The first-order valence-electron chi connectivity index (χ1n) is 9.44. The average Bonchev–Trinajstić information content (AvgIpc) is 3.44. The van der Waals surface area contributed by atoms with Crippen molar-refractivity contribution in [3.05, 3.63) is 84.5 Å². The number of hydrogen-bond donors (Lipinski definition) is 1. The van der Waals surface area contributed by atoms with Crippen molar-refractivity contribution in [1.82, 2.24) is 25.0 Å². The van der Waals surface area contributed by atoms with E-state index < -0.39 is 0 Å². The average molecular weight is 400 g/mol. The lowest BCUT2D eigenvalue weighted by Crippen LogP contribution is -2.07. The number of anilines is 1. The van der Waals surface area contributed by atoms with Crippen LogP contribution in [0.25, 0.3) is 17.3 Å². The summed E-state index contributed by atoms with van der Waals surface area (Å²) in [6, 6.07) is 11.5. The van der Waals surface area contributed by atoms with Crippen LogP contribution in [-0.4, -0.2) is 30.9 Å². The lowest BCUT2D eigenvalue weighted by Gasteiger charge is -2.05. The molecule has 1 aromatic carbocycles. The highest BCUT2D eigenvalue weighted by Crippen LogP contribution is 2.22. The zero-order valence-electron chi connectivity index (χ0n) is 16.4. The fraction of sp³-hybridized carbons (Fsp3) is 0.136. The van der Waals surface area contributed by atoms with Gasteiger partial charge in [-0.15, -0.1) is 10.2 Å². The Balaban J connectivity index is 1.37. The molecule has 0 atom stereocenters. The third-order valence-electron chi connectivity index (χ3n) is 4.51. The van der Waals surface area contributed by atoms with Crippen LogP contribution in [0.1, 0.15) is 17.0 Å². The van der Waals surface area contributed by atoms with Gasteiger partial charge in [0.05, 0.1) is 5.69 Å². The first kappa shape index (κ1) is 19.3. The Bertz CT molecular complexity index is 1150. The number of carbonyl (C=O) groups is 1. The smallest absolute Gasteiger partial charge is 0.248 e. The number of rotatable bonds is 7. The third-order valence-corrected chi connectivity index (χ3v) is 4.51. The maximum Gasteiger partial charge on any atom is 0.248 e. The molecule has 0 aliphatic carbocycles. The van der Waals surface area contributed by atoms with Gasteiger partial charge >= 0.3 is 0 Å². The monoisotopic (exact) mass is 400 g/mol. The van der Waals surface area contributed by atoms with Gasteiger partial charge < -0.3 is 9.73 Å². The standard InChI is InChI=1S/C22H20N6O2/c1-28-13-11-20(27-28)19-10-12-23-14-17(19)5-8-21(29)25-18-6-2-16(3-7-18)4-9-22-26-24-15-30-22/h2-3,5-8,10-15H,4,9H2,1H3,(H,25,29). The minimum atomic E-state index is -0.218. The van der Waals surface area contributed by atoms with Gasteiger partial charge in [0.2, 0.25) is 18.2 Å². The minimum Gasteiger partial charge on any atom is -0.428 e. The van der Waals surface area contributed by atoms with Crippen LogP contribution in [0.5, 0.6) is 0 Å². The molecule has 0 unspecified atom stereocenters. The second-order valence-corrected chi connectivity index (χ2v) is 6.69. The van der Waals surface area contributed by atoms with Crippen molar-refractivity contribution in [3.63, 3.8) is 0 Å². The summed E-state index contributed by atoms with van der Waals surface area (Å²) in [5, 5.41) is 14.8. The fourth-order valence-electron chi connectivity index (χ4n) is 2.99. The van der Waals surface area contributed by atoms with E-state index in [-0.39, 0.29) is 5.91 Å². The molecule has 0 saturated heterocycles. The molecule has 30 heavy (non-hydrogen) atoms. The Morgan fingerprint density at radius 3 is 2.77 bits per heavy atom. The van der Waals surface area contributed by atoms with Crippen molar-refractivity contribution < 1.29 is 9.21 Å². The second kappa shape index (κ2) is 8.95. The molecule has 0 spiro atoms. The summed E-state index contributed by atoms with van der Waals surface area (Å²) in [6.45, 7) is 0. The molecule has 0 radical (unpaired) electrons. The third kappa shape index (κ3) is 4.85. The van der Waals surface area contributed by atoms with E-state index in [0.29, 0.717) is 12.3 Å². The van der Waals surface area contributed by atoms with Crippen molar-refractivity contribution in [2.45, 2.75) is 12.8 Å². The van der Waals surface area contributed by atoms with E-state index >= 15 is 0 Å². The first-order chi connectivity index (χ1) is 14.7. The Morgan fingerprint density at radius 1 is 1.17 bits per heavy atom. The van der Waals surface area contributed by atoms with Gasteiger partial charge in [0.25, 0.3) is 0 Å². The van der Waals surface area contributed by atoms with Crippen molar-refractivity contribution in [3.8, 4) is 11.3 Å². The van der Waals surface area contributed by atoms with Crippen LogP contribution in [0.4, 0.5) is 5.69 Å². The normalized spacial score (nSPS) is 11.1. The van der Waals surface area contributed by atoms with Crippen LogP contribution in [0.15, 0.2) is 71.9 Å². The molecule has 8 heteroatoms. The Hall–Kier alpha value is -4.07. The summed E-state index contributed by atoms with van der Waals surface area (Å²) in [5.41, 5.74) is 4.42. The number of carbonyl (C=O) groups excluding carboxylic acids is 1. The fourth-order valence-corrected chi connectivity index (χ4v) is 2.99. The number of amides is 1. The van der Waals surface area contributed by atoms with E-state index in [1.807, 2.05) is 49.6 Å². The predicted molar refractivity (Wildman–Crippen MR) is 112 cm³/mol. The summed E-state index contributed by atoms with van der Waals surface area (Å²) >= 11 is 0. The zero-order valence-corrected chi connectivity index (χ0v) is 16.4. The van der Waals surface area contributed by atoms with Crippen LogP contribution in [0, 0.1) is 0 Å². The molecule has 3 heterocycles. The van der Waals surface area contributed by atoms with Crippen LogP contribution >= 0.6 is 0 Å². The predicted octanol–water partition coefficient (Wildman–Crippen LogP) is 3.30. The van der Waals surface area contributed by atoms with Crippen molar-refractivity contribution in [2.75, 3.05) is 5.32 Å². The first-order valence-corrected chi connectivity index (χ1v) is 9.44. The molecule has 0 aliphatic heterocycles. The lowest BCUT2D eigenvalue weighted by atomic mass is 10.1. The summed E-state index contributed by atoms with van der Waals surface area (Å²) in [4.78, 5) is 16.5. The van der Waals surface area contributed by atoms with Crippen LogP contribution in [-0.2, 0) is 24.7 Å². The summed E-state index contributed by atoms with van der Waals surface area (Å²) in [7, 11) is 1.87. The second-order valence-electron chi connectivity index (χ2n) is 6.69. The number of benzene rings is 1. The SMILES string of the molecule is Cn1ccc(-c2ccncc2C=CC(=O)Nc2ccc(CCc3nnco3)cc2)n1. The highest BCUT2D eigenvalue weighted by atomic mass is 16.4. The van der Waals surface area contributed by atoms with Gasteiger partial charge in [0.1, 0.15) is 0 Å². The number of hydrogen-bond acceptors (Lipinski definition) is 6. The van der Waals surface area contributed by atoms with Crippen molar-refractivity contribution >= 4 is 17.7 Å². The van der Waals surface area contributed by atoms with Gasteiger partial charge in [-0.1, -0.05) is 12.1 Å². The van der Waals surface area contributed by atoms with E-state index in [1.54, 1.807) is 23.2 Å². The molecule has 3 aromatic heterocycles.